The minimum absolute atomic E-state index is 0.0592. The van der Waals surface area contributed by atoms with Gasteiger partial charge in [0.15, 0.2) is 0 Å². The molecule has 0 atom stereocenters. The van der Waals surface area contributed by atoms with Crippen molar-refractivity contribution in [2.24, 2.45) is 0 Å². The highest BCUT2D eigenvalue weighted by molar-refractivity contribution is 5.95. The van der Waals surface area contributed by atoms with Crippen LogP contribution < -0.4 is 0 Å². The van der Waals surface area contributed by atoms with Crippen molar-refractivity contribution in [1.82, 2.24) is 35.0 Å². The number of nitrogens with one attached hydrogen (secondary N) is 1. The second-order valence-electron chi connectivity index (χ2n) is 8.14. The number of carbonyl (C=O) groups excluding carboxylic acids is 1. The number of hydrogen-bond donors (Lipinski definition) is 1. The van der Waals surface area contributed by atoms with Crippen LogP contribution in [0.1, 0.15) is 24.2 Å². The first kappa shape index (κ1) is 19.4. The maximum Gasteiger partial charge on any atom is 0.254 e. The van der Waals surface area contributed by atoms with E-state index in [2.05, 4.69) is 39.3 Å². The van der Waals surface area contributed by atoms with E-state index < -0.39 is 0 Å². The predicted octanol–water partition coefficient (Wildman–Crippen LogP) is 2.98. The number of rotatable bonds is 4. The minimum atomic E-state index is 0.0592. The van der Waals surface area contributed by atoms with Crippen LogP contribution in [0.3, 0.4) is 0 Å². The molecule has 0 radical (unpaired) electrons. The molecule has 31 heavy (non-hydrogen) atoms. The van der Waals surface area contributed by atoms with E-state index in [0.717, 1.165) is 48.5 Å². The number of amides is 1. The van der Waals surface area contributed by atoms with Gasteiger partial charge in [-0.15, -0.1) is 5.10 Å². The molecule has 0 bridgehead atoms. The highest BCUT2D eigenvalue weighted by Crippen LogP contribution is 2.25. The average molecular weight is 416 g/mol. The number of aromatic nitrogens is 5. The number of aromatic amines is 1. The molecule has 1 fully saturated rings. The number of hydrogen-bond acceptors (Lipinski definition) is 5. The molecule has 0 unspecified atom stereocenters. The van der Waals surface area contributed by atoms with Crippen molar-refractivity contribution in [2.45, 2.75) is 19.9 Å². The van der Waals surface area contributed by atoms with Crippen LogP contribution in [0.15, 0.2) is 54.7 Å². The van der Waals surface area contributed by atoms with Crippen LogP contribution in [-0.2, 0) is 0 Å². The zero-order valence-electron chi connectivity index (χ0n) is 17.7. The Kier molecular flexibility index (Phi) is 4.99. The molecule has 0 saturated carbocycles. The molecule has 1 N–H and O–H groups in total. The largest absolute Gasteiger partial charge is 0.336 e. The summed E-state index contributed by atoms with van der Waals surface area (Å²) in [6, 6.07) is 16.0. The summed E-state index contributed by atoms with van der Waals surface area (Å²) in [5.74, 6) is 0.0592. The molecule has 8 nitrogen and oxygen atoms in total. The van der Waals surface area contributed by atoms with Crippen LogP contribution in [0, 0.1) is 0 Å². The lowest BCUT2D eigenvalue weighted by atomic mass is 10.1. The Morgan fingerprint density at radius 3 is 2.65 bits per heavy atom. The summed E-state index contributed by atoms with van der Waals surface area (Å²) in [6.45, 7) is 7.71. The maximum absolute atomic E-state index is 13.0. The molecule has 5 rings (SSSR count). The fraction of sp³-hybridized carbons (Fsp3) is 0.304. The zero-order valence-corrected chi connectivity index (χ0v) is 17.7. The zero-order chi connectivity index (χ0) is 21.4. The van der Waals surface area contributed by atoms with E-state index >= 15 is 0 Å². The van der Waals surface area contributed by atoms with Gasteiger partial charge in [0.1, 0.15) is 11.4 Å². The van der Waals surface area contributed by atoms with Crippen LogP contribution in [0.2, 0.25) is 0 Å². The van der Waals surface area contributed by atoms with Gasteiger partial charge in [-0.2, -0.15) is 5.10 Å². The second-order valence-corrected chi connectivity index (χ2v) is 8.14. The first-order valence-corrected chi connectivity index (χ1v) is 10.6. The van der Waals surface area contributed by atoms with Crippen LogP contribution in [0.25, 0.3) is 28.0 Å². The van der Waals surface area contributed by atoms with Crippen LogP contribution in [-0.4, -0.2) is 73.1 Å². The third kappa shape index (κ3) is 3.70. The first-order chi connectivity index (χ1) is 15.1. The van der Waals surface area contributed by atoms with Gasteiger partial charge in [-0.3, -0.25) is 14.8 Å². The van der Waals surface area contributed by atoms with Crippen molar-refractivity contribution in [1.29, 1.82) is 0 Å². The molecule has 3 heterocycles. The summed E-state index contributed by atoms with van der Waals surface area (Å²) < 4.78 is 1.69. The minimum Gasteiger partial charge on any atom is -0.336 e. The van der Waals surface area contributed by atoms with Gasteiger partial charge in [0.2, 0.25) is 0 Å². The third-order valence-electron chi connectivity index (χ3n) is 5.90. The van der Waals surface area contributed by atoms with Crippen LogP contribution in [0.5, 0.6) is 0 Å². The van der Waals surface area contributed by atoms with Gasteiger partial charge in [0.05, 0.1) is 17.4 Å². The number of para-hydroxylation sites is 1. The summed E-state index contributed by atoms with van der Waals surface area (Å²) in [5.41, 5.74) is 3.86. The maximum atomic E-state index is 13.0. The van der Waals surface area contributed by atoms with Gasteiger partial charge in [0, 0.05) is 43.2 Å². The van der Waals surface area contributed by atoms with E-state index in [1.807, 2.05) is 59.6 Å². The Balaban J connectivity index is 1.37. The van der Waals surface area contributed by atoms with Gasteiger partial charge in [0.25, 0.3) is 5.91 Å². The van der Waals surface area contributed by atoms with Gasteiger partial charge >= 0.3 is 0 Å². The van der Waals surface area contributed by atoms with Gasteiger partial charge in [-0.05, 0) is 38.1 Å². The molecule has 8 heteroatoms. The molecular formula is C23H25N7O. The van der Waals surface area contributed by atoms with Crippen molar-refractivity contribution in [2.75, 3.05) is 26.2 Å². The quantitative estimate of drug-likeness (QED) is 0.554. The Bertz CT molecular complexity index is 1220. The molecule has 0 aliphatic carbocycles. The number of nitrogens with zero attached hydrogens (tertiary/aromatic N) is 6. The molecule has 4 aromatic rings. The van der Waals surface area contributed by atoms with Crippen LogP contribution in [0.4, 0.5) is 0 Å². The Morgan fingerprint density at radius 1 is 1.03 bits per heavy atom. The summed E-state index contributed by atoms with van der Waals surface area (Å²) in [7, 11) is 0. The Labute approximate surface area is 180 Å². The number of piperazine rings is 1. The molecule has 2 aromatic carbocycles. The van der Waals surface area contributed by atoms with Crippen molar-refractivity contribution < 1.29 is 4.79 Å². The molecule has 1 amide bonds. The van der Waals surface area contributed by atoms with Crippen molar-refractivity contribution in [3.8, 4) is 17.1 Å². The molecule has 1 aliphatic heterocycles. The lowest BCUT2D eigenvalue weighted by Crippen LogP contribution is -2.50. The van der Waals surface area contributed by atoms with E-state index in [4.69, 9.17) is 0 Å². The Morgan fingerprint density at radius 2 is 1.84 bits per heavy atom. The van der Waals surface area contributed by atoms with E-state index in [-0.39, 0.29) is 5.91 Å². The highest BCUT2D eigenvalue weighted by atomic mass is 16.2. The summed E-state index contributed by atoms with van der Waals surface area (Å²) >= 11 is 0. The molecule has 1 saturated heterocycles. The average Bonchev–Trinajstić information content (AvgIpc) is 3.46. The summed E-state index contributed by atoms with van der Waals surface area (Å²) in [4.78, 5) is 17.4. The summed E-state index contributed by atoms with van der Waals surface area (Å²) in [5, 5.41) is 17.0. The predicted molar refractivity (Wildman–Crippen MR) is 119 cm³/mol. The van der Waals surface area contributed by atoms with Crippen LogP contribution >= 0.6 is 0 Å². The number of benzene rings is 2. The van der Waals surface area contributed by atoms with Crippen molar-refractivity contribution >= 4 is 16.8 Å². The topological polar surface area (TPSA) is 82.9 Å². The molecule has 2 aromatic heterocycles. The lowest BCUT2D eigenvalue weighted by molar-refractivity contribution is 0.0595. The standard InChI is InChI=1S/C23H25N7O/c1-16(2)28-10-12-29(13-11-28)23(31)17-6-5-7-18(14-17)30-15-21(25-27-30)22-19-8-3-4-9-20(19)24-26-22/h3-9,14-16H,10-13H2,1-2H3,(H,24,26). The normalized spacial score (nSPS) is 15.1. The Hall–Kier alpha value is -3.52. The van der Waals surface area contributed by atoms with E-state index in [1.54, 1.807) is 4.68 Å². The first-order valence-electron chi connectivity index (χ1n) is 10.6. The monoisotopic (exact) mass is 415 g/mol. The van der Waals surface area contributed by atoms with E-state index in [0.29, 0.717) is 17.3 Å². The van der Waals surface area contributed by atoms with E-state index in [1.165, 1.54) is 0 Å². The lowest BCUT2D eigenvalue weighted by Gasteiger charge is -2.37. The number of carbonyl (C=O) groups is 1. The molecule has 1 aliphatic rings. The fourth-order valence-corrected chi connectivity index (χ4v) is 4.06. The molecule has 0 spiro atoms. The van der Waals surface area contributed by atoms with Crippen molar-refractivity contribution in [3.05, 3.63) is 60.3 Å². The molecule has 158 valence electrons. The van der Waals surface area contributed by atoms with Gasteiger partial charge in [-0.1, -0.05) is 29.5 Å². The van der Waals surface area contributed by atoms with Crippen molar-refractivity contribution in [3.63, 3.8) is 0 Å². The summed E-state index contributed by atoms with van der Waals surface area (Å²) in [6.07, 6.45) is 1.84. The van der Waals surface area contributed by atoms with Gasteiger partial charge in [-0.25, -0.2) is 4.68 Å². The van der Waals surface area contributed by atoms with Gasteiger partial charge < -0.3 is 4.90 Å². The smallest absolute Gasteiger partial charge is 0.254 e. The highest BCUT2D eigenvalue weighted by Gasteiger charge is 2.23. The number of fused-ring (bicyclic) bond motifs is 1. The second kappa shape index (κ2) is 7.96. The molecular weight excluding hydrogens is 390 g/mol. The SMILES string of the molecule is CC(C)N1CCN(C(=O)c2cccc(-n3cc(-c4n[nH]c5ccccc45)nn3)c2)CC1. The third-order valence-corrected chi connectivity index (χ3v) is 5.90. The fourth-order valence-electron chi connectivity index (χ4n) is 4.06. The number of H-pyrrole nitrogens is 1. The van der Waals surface area contributed by atoms with E-state index in [9.17, 15) is 4.79 Å².